The number of fused-ring (bicyclic) bond motifs is 5. The summed E-state index contributed by atoms with van der Waals surface area (Å²) in [4.78, 5) is 23.9. The molecule has 4 aliphatic rings. The largest absolute Gasteiger partial charge is 0.299 e. The molecule has 0 N–H and O–H groups in total. The summed E-state index contributed by atoms with van der Waals surface area (Å²) in [6.45, 7) is 2.23. The third-order valence-electron chi connectivity index (χ3n) is 7.08. The van der Waals surface area contributed by atoms with Gasteiger partial charge in [-0.25, -0.2) is 0 Å². The van der Waals surface area contributed by atoms with Crippen molar-refractivity contribution in [3.05, 3.63) is 12.2 Å². The van der Waals surface area contributed by atoms with Crippen LogP contribution in [-0.4, -0.2) is 11.6 Å². The summed E-state index contributed by atoms with van der Waals surface area (Å²) in [6.07, 6.45) is 11.5. The van der Waals surface area contributed by atoms with Gasteiger partial charge in [-0.15, -0.1) is 0 Å². The molecule has 0 radical (unpaired) electrons. The van der Waals surface area contributed by atoms with Crippen molar-refractivity contribution in [2.45, 2.75) is 51.9 Å². The fourth-order valence-corrected chi connectivity index (χ4v) is 6.01. The predicted molar refractivity (Wildman–Crippen MR) is 77.0 cm³/mol. The topological polar surface area (TPSA) is 34.1 Å². The Morgan fingerprint density at radius 3 is 2.80 bits per heavy atom. The highest BCUT2D eigenvalue weighted by Crippen LogP contribution is 2.60. The van der Waals surface area contributed by atoms with E-state index in [1.807, 2.05) is 6.08 Å². The molecule has 0 bridgehead atoms. The van der Waals surface area contributed by atoms with Crippen molar-refractivity contribution in [2.24, 2.45) is 35.0 Å². The first-order valence-electron chi connectivity index (χ1n) is 8.34. The average molecular weight is 272 g/mol. The summed E-state index contributed by atoms with van der Waals surface area (Å²) >= 11 is 0. The molecular weight excluding hydrogens is 248 g/mol. The van der Waals surface area contributed by atoms with Crippen LogP contribution in [0.5, 0.6) is 0 Å². The molecule has 0 aliphatic heterocycles. The van der Waals surface area contributed by atoms with Gasteiger partial charge >= 0.3 is 0 Å². The maximum absolute atomic E-state index is 12.3. The molecule has 0 heterocycles. The minimum Gasteiger partial charge on any atom is -0.299 e. The number of Topliss-reactive ketones (excluding diaryl/α,β-unsaturated/α-hetero) is 1. The molecule has 6 atom stereocenters. The van der Waals surface area contributed by atoms with E-state index in [1.54, 1.807) is 0 Å². The zero-order chi connectivity index (χ0) is 13.9. The Bertz CT molecular complexity index is 492. The molecule has 3 saturated carbocycles. The van der Waals surface area contributed by atoms with Gasteiger partial charge in [0.2, 0.25) is 0 Å². The SMILES string of the molecule is C[C@]12CC[C@@H]3C4C=CC(=O)C[C@@H]4CC[C@H]3[C@@H]1CCC2=O. The van der Waals surface area contributed by atoms with Gasteiger partial charge in [0.15, 0.2) is 5.78 Å². The maximum Gasteiger partial charge on any atom is 0.155 e. The van der Waals surface area contributed by atoms with E-state index in [2.05, 4.69) is 13.0 Å². The van der Waals surface area contributed by atoms with Crippen LogP contribution in [0, 0.1) is 35.0 Å². The smallest absolute Gasteiger partial charge is 0.155 e. The molecule has 3 fully saturated rings. The van der Waals surface area contributed by atoms with E-state index in [0.29, 0.717) is 29.3 Å². The second-order valence-corrected chi connectivity index (χ2v) is 7.80. The minimum atomic E-state index is -0.0117. The van der Waals surface area contributed by atoms with Crippen molar-refractivity contribution in [2.75, 3.05) is 0 Å². The molecular formula is C18H24O2. The Kier molecular flexibility index (Phi) is 2.74. The van der Waals surface area contributed by atoms with Gasteiger partial charge in [0, 0.05) is 18.3 Å². The molecule has 108 valence electrons. The summed E-state index contributed by atoms with van der Waals surface area (Å²) in [5.74, 6) is 4.16. The molecule has 0 aromatic carbocycles. The maximum atomic E-state index is 12.3. The van der Waals surface area contributed by atoms with E-state index in [1.165, 1.54) is 19.3 Å². The zero-order valence-electron chi connectivity index (χ0n) is 12.3. The van der Waals surface area contributed by atoms with Crippen LogP contribution in [0.4, 0.5) is 0 Å². The first-order valence-corrected chi connectivity index (χ1v) is 8.34. The number of ketones is 2. The van der Waals surface area contributed by atoms with Gasteiger partial charge < -0.3 is 0 Å². The Morgan fingerprint density at radius 2 is 1.95 bits per heavy atom. The molecule has 0 aromatic rings. The fraction of sp³-hybridized carbons (Fsp3) is 0.778. The number of hydrogen-bond acceptors (Lipinski definition) is 2. The molecule has 0 spiro atoms. The molecule has 1 unspecified atom stereocenters. The molecule has 0 saturated heterocycles. The Balaban J connectivity index is 1.64. The Morgan fingerprint density at radius 1 is 1.10 bits per heavy atom. The molecule has 2 nitrogen and oxygen atoms in total. The van der Waals surface area contributed by atoms with Crippen LogP contribution >= 0.6 is 0 Å². The van der Waals surface area contributed by atoms with Crippen molar-refractivity contribution in [1.29, 1.82) is 0 Å². The molecule has 20 heavy (non-hydrogen) atoms. The van der Waals surface area contributed by atoms with E-state index in [4.69, 9.17) is 0 Å². The van der Waals surface area contributed by atoms with E-state index in [-0.39, 0.29) is 5.41 Å². The highest BCUT2D eigenvalue weighted by atomic mass is 16.1. The third kappa shape index (κ3) is 1.63. The standard InChI is InChI=1S/C18H24O2/c1-18-9-8-14-13-5-3-12(19)10-11(13)2-4-15(14)16(18)6-7-17(18)20/h3,5,11,13-16H,2,4,6-10H2,1H3/t11-,13?,14+,15+,16-,18-/m0/s1. The number of carbonyl (C=O) groups is 2. The van der Waals surface area contributed by atoms with Crippen LogP contribution in [0.1, 0.15) is 51.9 Å². The first-order chi connectivity index (χ1) is 9.59. The number of hydrogen-bond donors (Lipinski definition) is 0. The van der Waals surface area contributed by atoms with Gasteiger partial charge in [-0.3, -0.25) is 9.59 Å². The van der Waals surface area contributed by atoms with Gasteiger partial charge in [-0.05, 0) is 67.8 Å². The summed E-state index contributed by atoms with van der Waals surface area (Å²) < 4.78 is 0. The Labute approximate surface area is 121 Å². The Hall–Kier alpha value is -0.920. The van der Waals surface area contributed by atoms with Gasteiger partial charge in [-0.1, -0.05) is 13.0 Å². The molecule has 2 heteroatoms. The molecule has 4 rings (SSSR count). The van der Waals surface area contributed by atoms with Gasteiger partial charge in [0.1, 0.15) is 5.78 Å². The van der Waals surface area contributed by atoms with Crippen molar-refractivity contribution < 1.29 is 9.59 Å². The average Bonchev–Trinajstić information content (AvgIpc) is 2.74. The van der Waals surface area contributed by atoms with Crippen LogP contribution in [0.15, 0.2) is 12.2 Å². The summed E-state index contributed by atoms with van der Waals surface area (Å²) in [6, 6.07) is 0. The van der Waals surface area contributed by atoms with Crippen LogP contribution < -0.4 is 0 Å². The monoisotopic (exact) mass is 272 g/mol. The van der Waals surface area contributed by atoms with Crippen LogP contribution in [-0.2, 0) is 9.59 Å². The highest BCUT2D eigenvalue weighted by molar-refractivity contribution is 5.90. The summed E-state index contributed by atoms with van der Waals surface area (Å²) in [7, 11) is 0. The lowest BCUT2D eigenvalue weighted by molar-refractivity contribution is -0.132. The minimum absolute atomic E-state index is 0.0117. The summed E-state index contributed by atoms with van der Waals surface area (Å²) in [5, 5.41) is 0. The molecule has 0 amide bonds. The van der Waals surface area contributed by atoms with Crippen LogP contribution in [0.2, 0.25) is 0 Å². The predicted octanol–water partition coefficient (Wildman–Crippen LogP) is 3.55. The fourth-order valence-electron chi connectivity index (χ4n) is 6.01. The van der Waals surface area contributed by atoms with Gasteiger partial charge in [0.05, 0.1) is 0 Å². The molecule has 4 aliphatic carbocycles. The number of rotatable bonds is 0. The number of carbonyl (C=O) groups excluding carboxylic acids is 2. The lowest BCUT2D eigenvalue weighted by Gasteiger charge is -2.52. The van der Waals surface area contributed by atoms with E-state index < -0.39 is 0 Å². The van der Waals surface area contributed by atoms with E-state index in [0.717, 1.165) is 37.5 Å². The highest BCUT2D eigenvalue weighted by Gasteiger charge is 2.56. The van der Waals surface area contributed by atoms with Crippen LogP contribution in [0.25, 0.3) is 0 Å². The van der Waals surface area contributed by atoms with Gasteiger partial charge in [-0.2, -0.15) is 0 Å². The molecule has 0 aromatic heterocycles. The quantitative estimate of drug-likeness (QED) is 0.676. The first kappa shape index (κ1) is 12.8. The second kappa shape index (κ2) is 4.29. The van der Waals surface area contributed by atoms with Crippen molar-refractivity contribution in [3.8, 4) is 0 Å². The van der Waals surface area contributed by atoms with E-state index >= 15 is 0 Å². The normalized spacial score (nSPS) is 50.5. The lowest BCUT2D eigenvalue weighted by Crippen LogP contribution is -2.47. The summed E-state index contributed by atoms with van der Waals surface area (Å²) in [5.41, 5.74) is -0.0117. The van der Waals surface area contributed by atoms with Crippen molar-refractivity contribution in [1.82, 2.24) is 0 Å². The number of allylic oxidation sites excluding steroid dienone is 2. The van der Waals surface area contributed by atoms with Crippen molar-refractivity contribution >= 4 is 11.6 Å². The zero-order valence-corrected chi connectivity index (χ0v) is 12.3. The van der Waals surface area contributed by atoms with E-state index in [9.17, 15) is 9.59 Å². The second-order valence-electron chi connectivity index (χ2n) is 7.80. The van der Waals surface area contributed by atoms with Gasteiger partial charge in [0.25, 0.3) is 0 Å². The van der Waals surface area contributed by atoms with Crippen molar-refractivity contribution in [3.63, 3.8) is 0 Å². The third-order valence-corrected chi connectivity index (χ3v) is 7.08. The lowest BCUT2D eigenvalue weighted by atomic mass is 9.51. The van der Waals surface area contributed by atoms with Crippen LogP contribution in [0.3, 0.4) is 0 Å².